The monoisotopic (exact) mass is 438 g/mol. The summed E-state index contributed by atoms with van der Waals surface area (Å²) in [5.41, 5.74) is 2.97. The van der Waals surface area contributed by atoms with Gasteiger partial charge in [-0.05, 0) is 36.4 Å². The molecule has 0 fully saturated rings. The number of nitrogens with one attached hydrogen (secondary N) is 2. The summed E-state index contributed by atoms with van der Waals surface area (Å²) in [6.07, 6.45) is 1.09. The van der Waals surface area contributed by atoms with Crippen molar-refractivity contribution in [2.75, 3.05) is 5.32 Å². The van der Waals surface area contributed by atoms with Gasteiger partial charge in [0.15, 0.2) is 0 Å². The number of aromatic hydroxyl groups is 1. The average molecular weight is 439 g/mol. The van der Waals surface area contributed by atoms with Gasteiger partial charge in [0.2, 0.25) is 0 Å². The summed E-state index contributed by atoms with van der Waals surface area (Å²) in [6.45, 7) is 0. The van der Waals surface area contributed by atoms with Crippen LogP contribution in [0, 0.1) is 10.1 Å². The second-order valence-corrected chi connectivity index (χ2v) is 6.62. The Bertz CT molecular complexity index is 1200. The third-order valence-electron chi connectivity index (χ3n) is 4.09. The number of nitro benzene ring substituents is 1. The topological polar surface area (TPSA) is 134 Å². The van der Waals surface area contributed by atoms with Crippen LogP contribution in [0.4, 0.5) is 11.4 Å². The highest BCUT2D eigenvalue weighted by Gasteiger charge is 2.12. The minimum atomic E-state index is -0.613. The molecule has 2 amide bonds. The van der Waals surface area contributed by atoms with Crippen LogP contribution in [0.5, 0.6) is 5.75 Å². The summed E-state index contributed by atoms with van der Waals surface area (Å²) in [5, 5.41) is 27.3. The minimum Gasteiger partial charge on any atom is -0.507 e. The van der Waals surface area contributed by atoms with Crippen LogP contribution in [-0.2, 0) is 0 Å². The average Bonchev–Trinajstić information content (AvgIpc) is 2.75. The summed E-state index contributed by atoms with van der Waals surface area (Å²) in [7, 11) is 0. The number of benzene rings is 3. The van der Waals surface area contributed by atoms with Gasteiger partial charge in [0.1, 0.15) is 5.75 Å². The first-order chi connectivity index (χ1) is 14.8. The van der Waals surface area contributed by atoms with Crippen molar-refractivity contribution in [2.24, 2.45) is 5.10 Å². The van der Waals surface area contributed by atoms with Crippen LogP contribution < -0.4 is 10.7 Å². The quantitative estimate of drug-likeness (QED) is 0.304. The van der Waals surface area contributed by atoms with Crippen molar-refractivity contribution in [3.63, 3.8) is 0 Å². The number of carbonyl (C=O) groups excluding carboxylic acids is 2. The lowest BCUT2D eigenvalue weighted by Gasteiger charge is -2.08. The zero-order valence-electron chi connectivity index (χ0n) is 15.8. The number of phenols is 1. The molecule has 3 N–H and O–H groups in total. The number of nitro groups is 1. The van der Waals surface area contributed by atoms with Gasteiger partial charge in [-0.15, -0.1) is 0 Å². The third kappa shape index (κ3) is 5.43. The van der Waals surface area contributed by atoms with Crippen LogP contribution in [0.2, 0.25) is 5.02 Å². The number of carbonyl (C=O) groups is 2. The number of non-ortho nitro benzene ring substituents is 1. The van der Waals surface area contributed by atoms with Crippen LogP contribution in [0.3, 0.4) is 0 Å². The Balaban J connectivity index is 1.69. The summed E-state index contributed by atoms with van der Waals surface area (Å²) in [5.74, 6) is -1.25. The van der Waals surface area contributed by atoms with Gasteiger partial charge in [0.25, 0.3) is 17.5 Å². The molecule has 0 aliphatic heterocycles. The Morgan fingerprint density at radius 1 is 1.03 bits per heavy atom. The molecule has 0 aliphatic carbocycles. The number of amides is 2. The standard InChI is InChI=1S/C21H15ClN4O5/c22-18-7-2-1-6-17(18)21(29)24-15-5-3-4-13(10-15)20(28)25-23-12-14-11-16(26(30)31)8-9-19(14)27/h1-12,27H,(H,24,29)(H,25,28)/b23-12-. The molecule has 31 heavy (non-hydrogen) atoms. The van der Waals surface area contributed by atoms with Crippen LogP contribution in [0.1, 0.15) is 26.3 Å². The second-order valence-electron chi connectivity index (χ2n) is 6.21. The van der Waals surface area contributed by atoms with E-state index in [4.69, 9.17) is 11.6 Å². The molecule has 156 valence electrons. The van der Waals surface area contributed by atoms with Crippen molar-refractivity contribution in [1.29, 1.82) is 0 Å². The first-order valence-electron chi connectivity index (χ1n) is 8.82. The highest BCUT2D eigenvalue weighted by atomic mass is 35.5. The zero-order valence-corrected chi connectivity index (χ0v) is 16.5. The maximum absolute atomic E-state index is 12.4. The summed E-state index contributed by atoms with van der Waals surface area (Å²) < 4.78 is 0. The highest BCUT2D eigenvalue weighted by Crippen LogP contribution is 2.21. The lowest BCUT2D eigenvalue weighted by molar-refractivity contribution is -0.384. The van der Waals surface area contributed by atoms with E-state index in [-0.39, 0.29) is 22.6 Å². The molecule has 10 heteroatoms. The predicted molar refractivity (Wildman–Crippen MR) is 116 cm³/mol. The van der Waals surface area contributed by atoms with Crippen LogP contribution in [0.25, 0.3) is 0 Å². The van der Waals surface area contributed by atoms with E-state index in [2.05, 4.69) is 15.8 Å². The van der Waals surface area contributed by atoms with Gasteiger partial charge in [-0.2, -0.15) is 5.10 Å². The molecule has 0 unspecified atom stereocenters. The summed E-state index contributed by atoms with van der Waals surface area (Å²) >= 11 is 6.02. The first-order valence-corrected chi connectivity index (χ1v) is 9.19. The molecule has 3 aromatic carbocycles. The number of phenolic OH excluding ortho intramolecular Hbond substituents is 1. The minimum absolute atomic E-state index is 0.0650. The predicted octanol–water partition coefficient (Wildman–Crippen LogP) is 3.97. The normalized spacial score (nSPS) is 10.6. The van der Waals surface area contributed by atoms with E-state index in [1.165, 1.54) is 12.1 Å². The van der Waals surface area contributed by atoms with E-state index >= 15 is 0 Å². The second kappa shape index (κ2) is 9.51. The van der Waals surface area contributed by atoms with E-state index < -0.39 is 16.7 Å². The van der Waals surface area contributed by atoms with Crippen molar-refractivity contribution >= 4 is 41.0 Å². The smallest absolute Gasteiger partial charge is 0.271 e. The van der Waals surface area contributed by atoms with Gasteiger partial charge in [0, 0.05) is 28.9 Å². The molecular weight excluding hydrogens is 424 g/mol. The molecule has 3 aromatic rings. The number of halogens is 1. The van der Waals surface area contributed by atoms with E-state index in [1.54, 1.807) is 36.4 Å². The fraction of sp³-hybridized carbons (Fsp3) is 0. The van der Waals surface area contributed by atoms with Gasteiger partial charge in [-0.3, -0.25) is 19.7 Å². The number of nitrogens with zero attached hydrogens (tertiary/aromatic N) is 2. The number of hydrazone groups is 1. The summed E-state index contributed by atoms with van der Waals surface area (Å²) in [6, 6.07) is 16.1. The van der Waals surface area contributed by atoms with Crippen LogP contribution >= 0.6 is 11.6 Å². The Morgan fingerprint density at radius 2 is 1.81 bits per heavy atom. The molecule has 0 heterocycles. The Hall–Kier alpha value is -4.24. The number of hydrogen-bond donors (Lipinski definition) is 3. The van der Waals surface area contributed by atoms with E-state index in [0.29, 0.717) is 16.3 Å². The fourth-order valence-corrected chi connectivity index (χ4v) is 2.79. The van der Waals surface area contributed by atoms with Gasteiger partial charge < -0.3 is 10.4 Å². The molecule has 0 aliphatic rings. The van der Waals surface area contributed by atoms with Crippen LogP contribution in [0.15, 0.2) is 71.8 Å². The SMILES string of the molecule is O=C(N/N=C\c1cc([N+](=O)[O-])ccc1O)c1cccc(NC(=O)c2ccccc2Cl)c1. The zero-order chi connectivity index (χ0) is 22.4. The lowest BCUT2D eigenvalue weighted by Crippen LogP contribution is -2.18. The molecule has 0 bridgehead atoms. The molecule has 0 spiro atoms. The largest absolute Gasteiger partial charge is 0.507 e. The molecule has 0 aromatic heterocycles. The Kier molecular flexibility index (Phi) is 6.58. The van der Waals surface area contributed by atoms with Gasteiger partial charge in [-0.1, -0.05) is 29.8 Å². The van der Waals surface area contributed by atoms with Crippen LogP contribution in [-0.4, -0.2) is 28.1 Å². The Labute approximate surface area is 181 Å². The van der Waals surface area contributed by atoms with Crippen molar-refractivity contribution in [3.05, 3.63) is 98.6 Å². The highest BCUT2D eigenvalue weighted by molar-refractivity contribution is 6.34. The molecular formula is C21H15ClN4O5. The van der Waals surface area contributed by atoms with E-state index in [1.807, 2.05) is 0 Å². The van der Waals surface area contributed by atoms with E-state index in [0.717, 1.165) is 24.4 Å². The Morgan fingerprint density at radius 3 is 2.55 bits per heavy atom. The van der Waals surface area contributed by atoms with Crippen molar-refractivity contribution < 1.29 is 19.6 Å². The van der Waals surface area contributed by atoms with Crippen molar-refractivity contribution in [1.82, 2.24) is 5.43 Å². The maximum atomic E-state index is 12.4. The fourth-order valence-electron chi connectivity index (χ4n) is 2.57. The van der Waals surface area contributed by atoms with E-state index in [9.17, 15) is 24.8 Å². The molecule has 0 saturated heterocycles. The molecule has 0 radical (unpaired) electrons. The van der Waals surface area contributed by atoms with Crippen molar-refractivity contribution in [3.8, 4) is 5.75 Å². The van der Waals surface area contributed by atoms with Gasteiger partial charge >= 0.3 is 0 Å². The molecule has 3 rings (SSSR count). The first kappa shape index (κ1) is 21.5. The van der Waals surface area contributed by atoms with Gasteiger partial charge in [-0.25, -0.2) is 5.43 Å². The number of anilines is 1. The van der Waals surface area contributed by atoms with Gasteiger partial charge in [0.05, 0.1) is 21.7 Å². The maximum Gasteiger partial charge on any atom is 0.271 e. The third-order valence-corrected chi connectivity index (χ3v) is 4.42. The molecule has 9 nitrogen and oxygen atoms in total. The van der Waals surface area contributed by atoms with Crippen molar-refractivity contribution in [2.45, 2.75) is 0 Å². The molecule has 0 atom stereocenters. The molecule has 0 saturated carbocycles. The number of hydrogen-bond acceptors (Lipinski definition) is 6. The lowest BCUT2D eigenvalue weighted by atomic mass is 10.1. The number of rotatable bonds is 6. The summed E-state index contributed by atoms with van der Waals surface area (Å²) in [4.78, 5) is 34.9.